The molecule has 0 aliphatic heterocycles. The Morgan fingerprint density at radius 2 is 2.00 bits per heavy atom. The van der Waals surface area contributed by atoms with E-state index in [1.807, 2.05) is 0 Å². The molecule has 1 N–H and O–H groups in total. The second-order valence-corrected chi connectivity index (χ2v) is 3.59. The number of carbonyl (C=O) groups is 1. The number of carboxylic acid groups (broad SMARTS) is 1. The molecular formula is C7H9FO2. The summed E-state index contributed by atoms with van der Waals surface area (Å²) < 4.78 is 13.0. The minimum Gasteiger partial charge on any atom is -0.481 e. The summed E-state index contributed by atoms with van der Waals surface area (Å²) in [5.74, 6) is -0.807. The fraction of sp³-hybridized carbons (Fsp3) is 0.857. The molecule has 0 aromatic carbocycles. The predicted octanol–water partition coefficient (Wildman–Crippen LogP) is 1.35. The van der Waals surface area contributed by atoms with Crippen LogP contribution in [0.25, 0.3) is 0 Å². The van der Waals surface area contributed by atoms with Crippen LogP contribution in [0.3, 0.4) is 0 Å². The molecule has 3 rings (SSSR count). The third-order valence-electron chi connectivity index (χ3n) is 2.82. The van der Waals surface area contributed by atoms with Crippen molar-refractivity contribution < 1.29 is 14.3 Å². The standard InChI is InChI=1S/C7H9FO2/c8-7-2-1-6(3-7,4-7)5(9)10/h1-4H2,(H,9,10). The van der Waals surface area contributed by atoms with Crippen molar-refractivity contribution in [3.63, 3.8) is 0 Å². The smallest absolute Gasteiger partial charge is 0.309 e. The topological polar surface area (TPSA) is 37.3 Å². The van der Waals surface area contributed by atoms with Crippen LogP contribution in [0.1, 0.15) is 25.7 Å². The van der Waals surface area contributed by atoms with Crippen molar-refractivity contribution >= 4 is 5.97 Å². The average molecular weight is 144 g/mol. The lowest BCUT2D eigenvalue weighted by Gasteiger charge is -2.38. The number of hydrogen-bond acceptors (Lipinski definition) is 1. The average Bonchev–Trinajstić information content (AvgIpc) is 2.19. The van der Waals surface area contributed by atoms with Crippen LogP contribution in [-0.4, -0.2) is 16.7 Å². The van der Waals surface area contributed by atoms with Gasteiger partial charge in [-0.15, -0.1) is 0 Å². The van der Waals surface area contributed by atoms with Gasteiger partial charge in [0.1, 0.15) is 5.67 Å². The number of carboxylic acids is 1. The predicted molar refractivity (Wildman–Crippen MR) is 32.4 cm³/mol. The Kier molecular flexibility index (Phi) is 0.833. The molecule has 2 nitrogen and oxygen atoms in total. The fourth-order valence-corrected chi connectivity index (χ4v) is 2.24. The van der Waals surface area contributed by atoms with Gasteiger partial charge in [0.2, 0.25) is 0 Å². The number of aliphatic carboxylic acids is 1. The highest BCUT2D eigenvalue weighted by atomic mass is 19.1. The van der Waals surface area contributed by atoms with Crippen LogP contribution in [0, 0.1) is 5.41 Å². The molecule has 2 bridgehead atoms. The molecular weight excluding hydrogens is 135 g/mol. The monoisotopic (exact) mass is 144 g/mol. The quantitative estimate of drug-likeness (QED) is 0.603. The maximum absolute atomic E-state index is 13.0. The molecule has 3 saturated carbocycles. The Bertz CT molecular complexity index is 194. The van der Waals surface area contributed by atoms with E-state index in [2.05, 4.69) is 0 Å². The molecule has 0 saturated heterocycles. The number of halogens is 1. The van der Waals surface area contributed by atoms with Crippen molar-refractivity contribution in [2.45, 2.75) is 31.4 Å². The Hall–Kier alpha value is -0.600. The zero-order valence-electron chi connectivity index (χ0n) is 5.56. The largest absolute Gasteiger partial charge is 0.481 e. The van der Waals surface area contributed by atoms with Gasteiger partial charge in [0, 0.05) is 0 Å². The van der Waals surface area contributed by atoms with E-state index in [0.29, 0.717) is 12.8 Å². The first-order valence-corrected chi connectivity index (χ1v) is 3.49. The Morgan fingerprint density at radius 3 is 2.20 bits per heavy atom. The van der Waals surface area contributed by atoms with E-state index in [9.17, 15) is 9.18 Å². The highest BCUT2D eigenvalue weighted by molar-refractivity contribution is 5.77. The normalized spacial score (nSPS) is 50.5. The molecule has 3 aliphatic carbocycles. The van der Waals surface area contributed by atoms with Gasteiger partial charge in [0.15, 0.2) is 0 Å². The maximum Gasteiger partial charge on any atom is 0.309 e. The van der Waals surface area contributed by atoms with Crippen molar-refractivity contribution in [1.29, 1.82) is 0 Å². The van der Waals surface area contributed by atoms with Gasteiger partial charge in [-0.3, -0.25) is 4.79 Å². The van der Waals surface area contributed by atoms with Crippen LogP contribution < -0.4 is 0 Å². The van der Waals surface area contributed by atoms with Crippen molar-refractivity contribution in [2.24, 2.45) is 5.41 Å². The molecule has 3 aliphatic rings. The molecule has 0 aromatic rings. The SMILES string of the molecule is O=C(O)C12CCC(F)(C1)C2. The molecule has 0 unspecified atom stereocenters. The van der Waals surface area contributed by atoms with Gasteiger partial charge in [-0.1, -0.05) is 0 Å². The maximum atomic E-state index is 13.0. The van der Waals surface area contributed by atoms with E-state index in [-0.39, 0.29) is 12.8 Å². The van der Waals surface area contributed by atoms with Crippen molar-refractivity contribution in [1.82, 2.24) is 0 Å². The van der Waals surface area contributed by atoms with E-state index in [0.717, 1.165) is 0 Å². The summed E-state index contributed by atoms with van der Waals surface area (Å²) in [5, 5.41) is 8.66. The zero-order valence-corrected chi connectivity index (χ0v) is 5.56. The van der Waals surface area contributed by atoms with Crippen LogP contribution in [0.15, 0.2) is 0 Å². The van der Waals surface area contributed by atoms with Gasteiger partial charge < -0.3 is 5.11 Å². The summed E-state index contributed by atoms with van der Waals surface area (Å²) in [6.07, 6.45) is 1.52. The minimum absolute atomic E-state index is 0.259. The summed E-state index contributed by atoms with van der Waals surface area (Å²) in [4.78, 5) is 10.5. The lowest BCUT2D eigenvalue weighted by atomic mass is 9.68. The third kappa shape index (κ3) is 0.509. The zero-order chi connectivity index (χ0) is 7.41. The van der Waals surface area contributed by atoms with E-state index < -0.39 is 17.1 Å². The molecule has 10 heavy (non-hydrogen) atoms. The van der Waals surface area contributed by atoms with Gasteiger partial charge in [0.05, 0.1) is 5.41 Å². The highest BCUT2D eigenvalue weighted by Gasteiger charge is 2.65. The Balaban J connectivity index is 2.20. The molecule has 56 valence electrons. The summed E-state index contributed by atoms with van der Waals surface area (Å²) in [7, 11) is 0. The molecule has 3 heteroatoms. The summed E-state index contributed by atoms with van der Waals surface area (Å²) in [6.45, 7) is 0. The Labute approximate surface area is 58.0 Å². The second kappa shape index (κ2) is 1.36. The van der Waals surface area contributed by atoms with Crippen LogP contribution >= 0.6 is 0 Å². The number of hydrogen-bond donors (Lipinski definition) is 1. The van der Waals surface area contributed by atoms with Crippen LogP contribution in [0.2, 0.25) is 0 Å². The van der Waals surface area contributed by atoms with Crippen LogP contribution in [0.5, 0.6) is 0 Å². The molecule has 0 spiro atoms. The van der Waals surface area contributed by atoms with Crippen LogP contribution in [0.4, 0.5) is 4.39 Å². The van der Waals surface area contributed by atoms with E-state index in [4.69, 9.17) is 5.11 Å². The lowest BCUT2D eigenvalue weighted by molar-refractivity contribution is -0.157. The summed E-state index contributed by atoms with van der Waals surface area (Å²) in [5.41, 5.74) is -1.76. The van der Waals surface area contributed by atoms with Gasteiger partial charge in [0.25, 0.3) is 0 Å². The third-order valence-corrected chi connectivity index (χ3v) is 2.82. The lowest BCUT2D eigenvalue weighted by Crippen LogP contribution is -2.44. The molecule has 0 radical (unpaired) electrons. The first kappa shape index (κ1) is 6.13. The van der Waals surface area contributed by atoms with E-state index in [1.54, 1.807) is 0 Å². The van der Waals surface area contributed by atoms with Crippen LogP contribution in [-0.2, 0) is 4.79 Å². The first-order valence-electron chi connectivity index (χ1n) is 3.49. The number of fused-ring (bicyclic) bond motifs is 1. The fourth-order valence-electron chi connectivity index (χ4n) is 2.24. The van der Waals surface area contributed by atoms with Crippen molar-refractivity contribution in [3.05, 3.63) is 0 Å². The summed E-state index contributed by atoms with van der Waals surface area (Å²) >= 11 is 0. The molecule has 3 fully saturated rings. The van der Waals surface area contributed by atoms with Gasteiger partial charge in [-0.2, -0.15) is 0 Å². The highest BCUT2D eigenvalue weighted by Crippen LogP contribution is 2.63. The van der Waals surface area contributed by atoms with E-state index in [1.165, 1.54) is 0 Å². The van der Waals surface area contributed by atoms with Gasteiger partial charge >= 0.3 is 5.97 Å². The number of rotatable bonds is 1. The Morgan fingerprint density at radius 1 is 1.40 bits per heavy atom. The number of alkyl halides is 1. The van der Waals surface area contributed by atoms with Gasteiger partial charge in [-0.05, 0) is 25.7 Å². The van der Waals surface area contributed by atoms with Crippen molar-refractivity contribution in [3.8, 4) is 0 Å². The van der Waals surface area contributed by atoms with E-state index >= 15 is 0 Å². The first-order chi connectivity index (χ1) is 4.56. The van der Waals surface area contributed by atoms with Gasteiger partial charge in [-0.25, -0.2) is 4.39 Å². The molecule has 0 amide bonds. The molecule has 0 atom stereocenters. The minimum atomic E-state index is -1.10. The molecule has 0 heterocycles. The van der Waals surface area contributed by atoms with Crippen molar-refractivity contribution in [2.75, 3.05) is 0 Å². The molecule has 0 aromatic heterocycles. The summed E-state index contributed by atoms with van der Waals surface area (Å²) in [6, 6.07) is 0. The second-order valence-electron chi connectivity index (χ2n) is 3.59.